The lowest BCUT2D eigenvalue weighted by molar-refractivity contribution is 0.242. The molecule has 1 aliphatic rings. The van der Waals surface area contributed by atoms with Crippen LogP contribution >= 0.6 is 15.9 Å². The Hall–Kier alpha value is -0.410. The molecule has 0 radical (unpaired) electrons. The van der Waals surface area contributed by atoms with E-state index in [1.54, 1.807) is 13.1 Å². The van der Waals surface area contributed by atoms with E-state index in [1.165, 1.54) is 0 Å². The van der Waals surface area contributed by atoms with Gasteiger partial charge in [0.25, 0.3) is 0 Å². The van der Waals surface area contributed by atoms with Crippen molar-refractivity contribution in [3.05, 3.63) is 16.5 Å². The minimum atomic E-state index is -3.56. The molecule has 1 saturated heterocycles. The first-order valence-electron chi connectivity index (χ1n) is 6.56. The maximum atomic E-state index is 12.4. The second kappa shape index (κ2) is 6.57. The van der Waals surface area contributed by atoms with Gasteiger partial charge in [0.2, 0.25) is 10.0 Å². The lowest BCUT2D eigenvalue weighted by Gasteiger charge is -2.29. The number of nitrogens with zero attached hydrogens (tertiary/aromatic N) is 1. The van der Waals surface area contributed by atoms with Crippen molar-refractivity contribution < 1.29 is 12.8 Å². The number of likely N-dealkylation sites (tertiary alicyclic amines) is 1. The zero-order chi connectivity index (χ0) is 14.8. The van der Waals surface area contributed by atoms with Crippen LogP contribution in [0.5, 0.6) is 0 Å². The molecule has 0 amide bonds. The van der Waals surface area contributed by atoms with Crippen molar-refractivity contribution in [2.45, 2.75) is 30.3 Å². The second-order valence-electron chi connectivity index (χ2n) is 5.10. The number of nitrogens with one attached hydrogen (secondary N) is 2. The molecule has 0 bridgehead atoms. The first-order valence-corrected chi connectivity index (χ1v) is 8.83. The molecule has 1 atom stereocenters. The largest absolute Gasteiger partial charge is 0.452 e. The quantitative estimate of drug-likeness (QED) is 0.818. The molecule has 1 fully saturated rings. The van der Waals surface area contributed by atoms with Crippen LogP contribution < -0.4 is 10.0 Å². The maximum absolute atomic E-state index is 12.4. The number of furan rings is 1. The van der Waals surface area contributed by atoms with E-state index in [0.717, 1.165) is 25.9 Å². The van der Waals surface area contributed by atoms with Crippen LogP contribution in [-0.4, -0.2) is 46.5 Å². The van der Waals surface area contributed by atoms with Gasteiger partial charge in [0, 0.05) is 18.7 Å². The van der Waals surface area contributed by atoms with Gasteiger partial charge in [0.1, 0.15) is 10.7 Å². The first kappa shape index (κ1) is 16.0. The standard InChI is InChI=1S/C12H20BrN3O3S/c1-14-7-10-6-11(12(13)19-10)20(17,18)15-9-4-3-5-16(2)8-9/h6,9,14-15H,3-5,7-8H2,1-2H3. The van der Waals surface area contributed by atoms with E-state index >= 15 is 0 Å². The summed E-state index contributed by atoms with van der Waals surface area (Å²) in [7, 11) is 0.221. The smallest absolute Gasteiger partial charge is 0.245 e. The van der Waals surface area contributed by atoms with Crippen molar-refractivity contribution >= 4 is 26.0 Å². The minimum absolute atomic E-state index is 0.0479. The van der Waals surface area contributed by atoms with Crippen molar-refractivity contribution in [1.82, 2.24) is 14.9 Å². The normalized spacial score (nSPS) is 21.2. The highest BCUT2D eigenvalue weighted by Gasteiger charge is 2.27. The second-order valence-corrected chi connectivity index (χ2v) is 7.51. The Labute approximate surface area is 128 Å². The summed E-state index contributed by atoms with van der Waals surface area (Å²) in [6.45, 7) is 2.23. The number of likely N-dealkylation sites (N-methyl/N-ethyl adjacent to an activating group) is 1. The van der Waals surface area contributed by atoms with Gasteiger partial charge in [-0.1, -0.05) is 0 Å². The molecule has 1 unspecified atom stereocenters. The summed E-state index contributed by atoms with van der Waals surface area (Å²) < 4.78 is 33.2. The Morgan fingerprint density at radius 2 is 2.30 bits per heavy atom. The molecular formula is C12H20BrN3O3S. The summed E-state index contributed by atoms with van der Waals surface area (Å²) in [6, 6.07) is 1.50. The van der Waals surface area contributed by atoms with Crippen LogP contribution in [0.4, 0.5) is 0 Å². The van der Waals surface area contributed by atoms with Gasteiger partial charge < -0.3 is 14.6 Å². The summed E-state index contributed by atoms with van der Waals surface area (Å²) in [6.07, 6.45) is 1.86. The molecule has 0 aliphatic carbocycles. The van der Waals surface area contributed by atoms with E-state index in [-0.39, 0.29) is 15.6 Å². The lowest BCUT2D eigenvalue weighted by atomic mass is 10.1. The van der Waals surface area contributed by atoms with Crippen molar-refractivity contribution in [3.63, 3.8) is 0 Å². The van der Waals surface area contributed by atoms with Gasteiger partial charge in [0.15, 0.2) is 4.67 Å². The highest BCUT2D eigenvalue weighted by Crippen LogP contribution is 2.26. The summed E-state index contributed by atoms with van der Waals surface area (Å²) in [5.41, 5.74) is 0. The number of hydrogen-bond donors (Lipinski definition) is 2. The topological polar surface area (TPSA) is 74.6 Å². The third-order valence-corrected chi connectivity index (χ3v) is 5.67. The number of rotatable bonds is 5. The fourth-order valence-corrected chi connectivity index (χ4v) is 4.65. The van der Waals surface area contributed by atoms with E-state index in [1.807, 2.05) is 7.05 Å². The van der Waals surface area contributed by atoms with E-state index in [4.69, 9.17) is 4.42 Å². The monoisotopic (exact) mass is 365 g/mol. The Bertz CT molecular complexity index is 558. The summed E-state index contributed by atoms with van der Waals surface area (Å²) in [5, 5.41) is 2.93. The van der Waals surface area contributed by atoms with Crippen LogP contribution in [0.15, 0.2) is 20.0 Å². The fraction of sp³-hybridized carbons (Fsp3) is 0.667. The van der Waals surface area contributed by atoms with E-state index in [0.29, 0.717) is 12.3 Å². The Morgan fingerprint density at radius 1 is 1.55 bits per heavy atom. The molecule has 1 aromatic rings. The van der Waals surface area contributed by atoms with E-state index in [9.17, 15) is 8.42 Å². The molecule has 2 rings (SSSR count). The van der Waals surface area contributed by atoms with Gasteiger partial charge in [-0.3, -0.25) is 0 Å². The average molecular weight is 366 g/mol. The molecule has 0 saturated carbocycles. The highest BCUT2D eigenvalue weighted by molar-refractivity contribution is 9.10. The first-order chi connectivity index (χ1) is 9.42. The van der Waals surface area contributed by atoms with Crippen molar-refractivity contribution in [3.8, 4) is 0 Å². The molecule has 6 nitrogen and oxygen atoms in total. The highest BCUT2D eigenvalue weighted by atomic mass is 79.9. The van der Waals surface area contributed by atoms with Gasteiger partial charge in [-0.05, 0) is 49.4 Å². The molecule has 2 heterocycles. The molecule has 8 heteroatoms. The number of sulfonamides is 1. The van der Waals surface area contributed by atoms with Gasteiger partial charge in [0.05, 0.1) is 6.54 Å². The lowest BCUT2D eigenvalue weighted by Crippen LogP contribution is -2.46. The molecule has 0 aromatic carbocycles. The molecular weight excluding hydrogens is 346 g/mol. The number of hydrogen-bond acceptors (Lipinski definition) is 5. The van der Waals surface area contributed by atoms with Gasteiger partial charge in [-0.2, -0.15) is 0 Å². The summed E-state index contributed by atoms with van der Waals surface area (Å²) in [5.74, 6) is 0.584. The van der Waals surface area contributed by atoms with Crippen LogP contribution in [0.1, 0.15) is 18.6 Å². The average Bonchev–Trinajstić information content (AvgIpc) is 2.71. The van der Waals surface area contributed by atoms with Gasteiger partial charge in [-0.25, -0.2) is 13.1 Å². The summed E-state index contributed by atoms with van der Waals surface area (Å²) >= 11 is 3.18. The van der Waals surface area contributed by atoms with Crippen LogP contribution in [0.25, 0.3) is 0 Å². The van der Waals surface area contributed by atoms with Gasteiger partial charge in [-0.15, -0.1) is 0 Å². The van der Waals surface area contributed by atoms with Crippen LogP contribution in [-0.2, 0) is 16.6 Å². The number of piperidine rings is 1. The van der Waals surface area contributed by atoms with Crippen molar-refractivity contribution in [2.75, 3.05) is 27.2 Å². The zero-order valence-electron chi connectivity index (χ0n) is 11.6. The third-order valence-electron chi connectivity index (χ3n) is 3.29. The molecule has 0 spiro atoms. The predicted molar refractivity (Wildman–Crippen MR) is 80.0 cm³/mol. The molecule has 1 aromatic heterocycles. The van der Waals surface area contributed by atoms with Crippen molar-refractivity contribution in [2.24, 2.45) is 0 Å². The number of halogens is 1. The summed E-state index contributed by atoms with van der Waals surface area (Å²) in [4.78, 5) is 2.30. The Balaban J connectivity index is 2.13. The fourth-order valence-electron chi connectivity index (χ4n) is 2.39. The maximum Gasteiger partial charge on any atom is 0.245 e. The molecule has 1 aliphatic heterocycles. The van der Waals surface area contributed by atoms with Crippen LogP contribution in [0.2, 0.25) is 0 Å². The van der Waals surface area contributed by atoms with Crippen LogP contribution in [0.3, 0.4) is 0 Å². The zero-order valence-corrected chi connectivity index (χ0v) is 14.1. The minimum Gasteiger partial charge on any atom is -0.452 e. The van der Waals surface area contributed by atoms with Gasteiger partial charge >= 0.3 is 0 Å². The van der Waals surface area contributed by atoms with Crippen LogP contribution in [0, 0.1) is 0 Å². The SMILES string of the molecule is CNCc1cc(S(=O)(=O)NC2CCCN(C)C2)c(Br)o1. The predicted octanol–water partition coefficient (Wildman–Crippen LogP) is 1.13. The van der Waals surface area contributed by atoms with E-state index in [2.05, 4.69) is 30.9 Å². The molecule has 114 valence electrons. The Kier molecular flexibility index (Phi) is 5.25. The Morgan fingerprint density at radius 3 is 2.95 bits per heavy atom. The molecule has 20 heavy (non-hydrogen) atoms. The van der Waals surface area contributed by atoms with E-state index < -0.39 is 10.0 Å². The molecule has 2 N–H and O–H groups in total. The third kappa shape index (κ3) is 3.82. The van der Waals surface area contributed by atoms with Crippen molar-refractivity contribution in [1.29, 1.82) is 0 Å².